The first-order valence-electron chi connectivity index (χ1n) is 6.11. The van der Waals surface area contributed by atoms with E-state index in [2.05, 4.69) is 39.4 Å². The fourth-order valence-corrected chi connectivity index (χ4v) is 3.63. The monoisotopic (exact) mass is 304 g/mol. The summed E-state index contributed by atoms with van der Waals surface area (Å²) >= 11 is 3.49. The highest BCUT2D eigenvalue weighted by Crippen LogP contribution is 2.61. The van der Waals surface area contributed by atoms with Crippen molar-refractivity contribution in [3.05, 3.63) is 33.8 Å². The molecule has 4 heteroatoms. The average molecular weight is 305 g/mol. The molecule has 3 rings (SSSR count). The zero-order valence-electron chi connectivity index (χ0n) is 9.87. The van der Waals surface area contributed by atoms with Crippen LogP contribution in [-0.2, 0) is 16.6 Å². The molecule has 2 atom stereocenters. The SMILES string of the molecule is N#CCNC(=O)[C@@H]1C[C@]12CCc1cc(Br)ccc12. The lowest BCUT2D eigenvalue weighted by Gasteiger charge is -2.11. The fourth-order valence-electron chi connectivity index (χ4n) is 3.22. The summed E-state index contributed by atoms with van der Waals surface area (Å²) in [6, 6.07) is 8.30. The van der Waals surface area contributed by atoms with Gasteiger partial charge in [-0.25, -0.2) is 0 Å². The number of nitrogens with zero attached hydrogens (tertiary/aromatic N) is 1. The van der Waals surface area contributed by atoms with Crippen LogP contribution in [0, 0.1) is 17.2 Å². The first kappa shape index (κ1) is 11.7. The summed E-state index contributed by atoms with van der Waals surface area (Å²) in [5.41, 5.74) is 2.76. The summed E-state index contributed by atoms with van der Waals surface area (Å²) in [6.07, 6.45) is 3.04. The number of carbonyl (C=O) groups is 1. The molecular weight excluding hydrogens is 292 g/mol. The number of nitriles is 1. The second kappa shape index (κ2) is 4.10. The van der Waals surface area contributed by atoms with Crippen LogP contribution in [0.1, 0.15) is 24.0 Å². The van der Waals surface area contributed by atoms with E-state index in [0.717, 1.165) is 23.7 Å². The number of rotatable bonds is 2. The lowest BCUT2D eigenvalue weighted by atomic mass is 9.95. The molecule has 92 valence electrons. The van der Waals surface area contributed by atoms with Crippen molar-refractivity contribution in [3.63, 3.8) is 0 Å². The molecule has 0 aliphatic heterocycles. The van der Waals surface area contributed by atoms with Crippen LogP contribution < -0.4 is 5.32 Å². The average Bonchev–Trinajstić information content (AvgIpc) is 2.98. The van der Waals surface area contributed by atoms with E-state index >= 15 is 0 Å². The molecule has 2 aliphatic rings. The zero-order chi connectivity index (χ0) is 12.8. The van der Waals surface area contributed by atoms with E-state index in [0.29, 0.717) is 0 Å². The molecule has 0 radical (unpaired) electrons. The van der Waals surface area contributed by atoms with Gasteiger partial charge in [0.2, 0.25) is 5.91 Å². The van der Waals surface area contributed by atoms with Crippen LogP contribution in [0.3, 0.4) is 0 Å². The summed E-state index contributed by atoms with van der Waals surface area (Å²) in [5, 5.41) is 11.2. The summed E-state index contributed by atoms with van der Waals surface area (Å²) in [4.78, 5) is 11.9. The molecule has 1 aromatic rings. The predicted molar refractivity (Wildman–Crippen MR) is 70.9 cm³/mol. The molecule has 1 N–H and O–H groups in total. The number of carbonyl (C=O) groups excluding carboxylic acids is 1. The van der Waals surface area contributed by atoms with Crippen LogP contribution in [0.2, 0.25) is 0 Å². The molecule has 0 heterocycles. The summed E-state index contributed by atoms with van der Waals surface area (Å²) < 4.78 is 1.10. The number of hydrogen-bond acceptors (Lipinski definition) is 2. The highest BCUT2D eigenvalue weighted by Gasteiger charge is 2.61. The summed E-state index contributed by atoms with van der Waals surface area (Å²) in [7, 11) is 0. The van der Waals surface area contributed by atoms with Crippen LogP contribution in [0.4, 0.5) is 0 Å². The van der Waals surface area contributed by atoms with Gasteiger partial charge in [0.25, 0.3) is 0 Å². The molecule has 0 saturated heterocycles. The summed E-state index contributed by atoms with van der Waals surface area (Å²) in [6.45, 7) is 0.110. The molecule has 1 fully saturated rings. The third-order valence-corrected chi connectivity index (χ3v) is 4.67. The molecule has 1 spiro atoms. The lowest BCUT2D eigenvalue weighted by molar-refractivity contribution is -0.122. The molecule has 0 unspecified atom stereocenters. The van der Waals surface area contributed by atoms with Gasteiger partial charge in [-0.2, -0.15) is 5.26 Å². The molecule has 1 saturated carbocycles. The lowest BCUT2D eigenvalue weighted by Crippen LogP contribution is -2.28. The van der Waals surface area contributed by atoms with E-state index in [1.807, 2.05) is 6.07 Å². The molecule has 3 nitrogen and oxygen atoms in total. The third kappa shape index (κ3) is 1.65. The first-order valence-corrected chi connectivity index (χ1v) is 6.90. The minimum Gasteiger partial charge on any atom is -0.343 e. The smallest absolute Gasteiger partial charge is 0.224 e. The Morgan fingerprint density at radius 1 is 1.61 bits per heavy atom. The molecular formula is C14H13BrN2O. The Hall–Kier alpha value is -1.34. The maximum atomic E-state index is 11.9. The number of halogens is 1. The van der Waals surface area contributed by atoms with Gasteiger partial charge in [-0.3, -0.25) is 4.79 Å². The minimum atomic E-state index is 0.0346. The van der Waals surface area contributed by atoms with Crippen molar-refractivity contribution < 1.29 is 4.79 Å². The van der Waals surface area contributed by atoms with E-state index in [4.69, 9.17) is 5.26 Å². The maximum Gasteiger partial charge on any atom is 0.224 e. The number of amides is 1. The van der Waals surface area contributed by atoms with Crippen molar-refractivity contribution in [3.8, 4) is 6.07 Å². The summed E-state index contributed by atoms with van der Waals surface area (Å²) in [5.74, 6) is 0.0978. The fraction of sp³-hybridized carbons (Fsp3) is 0.429. The van der Waals surface area contributed by atoms with Crippen molar-refractivity contribution in [2.24, 2.45) is 5.92 Å². The third-order valence-electron chi connectivity index (χ3n) is 4.18. The van der Waals surface area contributed by atoms with Gasteiger partial charge in [0, 0.05) is 15.8 Å². The Bertz CT molecular complexity index is 563. The molecule has 1 amide bonds. The van der Waals surface area contributed by atoms with Crippen LogP contribution in [0.25, 0.3) is 0 Å². The highest BCUT2D eigenvalue weighted by atomic mass is 79.9. The van der Waals surface area contributed by atoms with E-state index in [9.17, 15) is 4.79 Å². The molecule has 18 heavy (non-hydrogen) atoms. The largest absolute Gasteiger partial charge is 0.343 e. The predicted octanol–water partition coefficient (Wildman–Crippen LogP) is 2.29. The van der Waals surface area contributed by atoms with Gasteiger partial charge in [-0.15, -0.1) is 0 Å². The van der Waals surface area contributed by atoms with E-state index in [1.165, 1.54) is 11.1 Å². The Morgan fingerprint density at radius 3 is 3.22 bits per heavy atom. The quantitative estimate of drug-likeness (QED) is 0.852. The normalized spacial score (nSPS) is 27.7. The number of aryl methyl sites for hydroxylation is 1. The Labute approximate surface area is 114 Å². The van der Waals surface area contributed by atoms with Gasteiger partial charge in [-0.05, 0) is 42.5 Å². The number of fused-ring (bicyclic) bond motifs is 2. The van der Waals surface area contributed by atoms with Gasteiger partial charge in [0.1, 0.15) is 6.54 Å². The second-order valence-electron chi connectivity index (χ2n) is 5.09. The molecule has 0 aromatic heterocycles. The molecule has 0 bridgehead atoms. The van der Waals surface area contributed by atoms with Crippen molar-refractivity contribution in [2.75, 3.05) is 6.54 Å². The number of hydrogen-bond donors (Lipinski definition) is 1. The van der Waals surface area contributed by atoms with Crippen molar-refractivity contribution in [2.45, 2.75) is 24.7 Å². The minimum absolute atomic E-state index is 0.0346. The van der Waals surface area contributed by atoms with E-state index < -0.39 is 0 Å². The molecule has 1 aromatic carbocycles. The highest BCUT2D eigenvalue weighted by molar-refractivity contribution is 9.10. The van der Waals surface area contributed by atoms with Gasteiger partial charge in [-0.1, -0.05) is 22.0 Å². The Balaban J connectivity index is 1.82. The Kier molecular flexibility index (Phi) is 2.67. The number of benzene rings is 1. The van der Waals surface area contributed by atoms with Crippen molar-refractivity contribution in [1.82, 2.24) is 5.32 Å². The zero-order valence-corrected chi connectivity index (χ0v) is 11.5. The van der Waals surface area contributed by atoms with Crippen molar-refractivity contribution in [1.29, 1.82) is 5.26 Å². The van der Waals surface area contributed by atoms with Crippen LogP contribution >= 0.6 is 15.9 Å². The number of nitrogens with one attached hydrogen (secondary N) is 1. The standard InChI is InChI=1S/C14H13BrN2O/c15-10-1-2-11-9(7-10)3-4-14(11)8-12(14)13(18)17-6-5-16/h1-2,7,12H,3-4,6,8H2,(H,17,18)/t12-,14-/m0/s1. The van der Waals surface area contributed by atoms with Crippen LogP contribution in [0.15, 0.2) is 22.7 Å². The van der Waals surface area contributed by atoms with Crippen molar-refractivity contribution >= 4 is 21.8 Å². The van der Waals surface area contributed by atoms with Gasteiger partial charge >= 0.3 is 0 Å². The maximum absolute atomic E-state index is 11.9. The second-order valence-corrected chi connectivity index (χ2v) is 6.01. The first-order chi connectivity index (χ1) is 8.67. The van der Waals surface area contributed by atoms with Gasteiger partial charge in [0.15, 0.2) is 0 Å². The van der Waals surface area contributed by atoms with E-state index in [-0.39, 0.29) is 23.8 Å². The van der Waals surface area contributed by atoms with Gasteiger partial charge < -0.3 is 5.32 Å². The van der Waals surface area contributed by atoms with E-state index in [1.54, 1.807) is 0 Å². The Morgan fingerprint density at radius 2 is 2.44 bits per heavy atom. The topological polar surface area (TPSA) is 52.9 Å². The van der Waals surface area contributed by atoms with Crippen LogP contribution in [-0.4, -0.2) is 12.5 Å². The van der Waals surface area contributed by atoms with Crippen LogP contribution in [0.5, 0.6) is 0 Å². The molecule has 2 aliphatic carbocycles. The van der Waals surface area contributed by atoms with Gasteiger partial charge in [0.05, 0.1) is 6.07 Å².